The first-order valence-corrected chi connectivity index (χ1v) is 16.7. The van der Waals surface area contributed by atoms with Gasteiger partial charge in [-0.2, -0.15) is 0 Å². The lowest BCUT2D eigenvalue weighted by atomic mass is 10.1. The first-order valence-electron chi connectivity index (χ1n) is 16.3. The summed E-state index contributed by atoms with van der Waals surface area (Å²) >= 11 is 6.07. The van der Waals surface area contributed by atoms with Crippen LogP contribution in [0.2, 0.25) is 5.02 Å². The minimum atomic E-state index is -2.78. The van der Waals surface area contributed by atoms with E-state index in [1.165, 1.54) is 14.2 Å². The Balaban J connectivity index is 1.13. The quantitative estimate of drug-likeness (QED) is 0.172. The molecule has 1 saturated heterocycles. The number of aromatic nitrogens is 3. The molecule has 1 aliphatic carbocycles. The van der Waals surface area contributed by atoms with Gasteiger partial charge in [0.15, 0.2) is 11.5 Å². The molecule has 260 valence electrons. The van der Waals surface area contributed by atoms with Crippen LogP contribution in [-0.2, 0) is 28.4 Å². The molecule has 7 rings (SSSR count). The second-order valence-corrected chi connectivity index (χ2v) is 13.1. The van der Waals surface area contributed by atoms with Gasteiger partial charge in [-0.1, -0.05) is 24.6 Å². The summed E-state index contributed by atoms with van der Waals surface area (Å²) in [5.74, 6) is -1.94. The standard InChI is InChI=1S/C35H38ClF2N5O6/c1-5-23-19-42(24-7-6-8-26-32(24)49-34(2,48-26)28-10-9-22(36)18-39-28)12-11-41(23)20-30-40-31-25(15-21(33(44)46-4)16-27(31)45-3)43(30)13-14-47-29-17-35(29,37)38/h6-10,15-16,18,23,29H,5,11-14,17,19-20H2,1-4H3. The van der Waals surface area contributed by atoms with E-state index in [4.69, 9.17) is 40.3 Å². The molecular weight excluding hydrogens is 660 g/mol. The number of pyridine rings is 1. The number of benzene rings is 2. The van der Waals surface area contributed by atoms with Crippen molar-refractivity contribution in [2.24, 2.45) is 0 Å². The fraction of sp³-hybridized carbons (Fsp3) is 0.457. The lowest BCUT2D eigenvalue weighted by Crippen LogP contribution is -2.52. The van der Waals surface area contributed by atoms with Crippen molar-refractivity contribution in [3.8, 4) is 17.2 Å². The number of nitrogens with zero attached hydrogens (tertiary/aromatic N) is 5. The van der Waals surface area contributed by atoms with E-state index in [1.54, 1.807) is 30.5 Å². The molecule has 2 aliphatic heterocycles. The fourth-order valence-corrected chi connectivity index (χ4v) is 6.77. The van der Waals surface area contributed by atoms with E-state index < -0.39 is 23.8 Å². The van der Waals surface area contributed by atoms with E-state index >= 15 is 0 Å². The number of methoxy groups -OCH3 is 2. The SMILES string of the molecule is CCC1CN(c2cccc3c2OC(C)(c2ccc(Cl)cn2)O3)CCN1Cc1nc2c(OC)cc(C(=O)OC)cc2n1CCOC1CC1(F)F. The number of fused-ring (bicyclic) bond motifs is 2. The zero-order chi connectivity index (χ0) is 34.5. The molecule has 11 nitrogen and oxygen atoms in total. The van der Waals surface area contributed by atoms with Gasteiger partial charge in [-0.05, 0) is 42.8 Å². The van der Waals surface area contributed by atoms with E-state index in [0.717, 1.165) is 31.0 Å². The molecule has 0 amide bonds. The van der Waals surface area contributed by atoms with E-state index in [-0.39, 0.29) is 25.6 Å². The van der Waals surface area contributed by atoms with Gasteiger partial charge in [0.1, 0.15) is 28.9 Å². The van der Waals surface area contributed by atoms with Crippen molar-refractivity contribution in [2.75, 3.05) is 45.4 Å². The van der Waals surface area contributed by atoms with Crippen LogP contribution in [0.1, 0.15) is 48.6 Å². The highest BCUT2D eigenvalue weighted by Crippen LogP contribution is 2.49. The zero-order valence-electron chi connectivity index (χ0n) is 27.7. The number of carbonyl (C=O) groups excluding carboxylic acids is 1. The molecule has 49 heavy (non-hydrogen) atoms. The largest absolute Gasteiger partial charge is 0.494 e. The topological polar surface area (TPSA) is 100 Å². The van der Waals surface area contributed by atoms with Crippen LogP contribution in [0.25, 0.3) is 11.0 Å². The molecule has 1 saturated carbocycles. The lowest BCUT2D eigenvalue weighted by molar-refractivity contribution is -0.0716. The molecule has 3 atom stereocenters. The number of para-hydroxylation sites is 1. The van der Waals surface area contributed by atoms with Gasteiger partial charge < -0.3 is 33.2 Å². The van der Waals surface area contributed by atoms with Crippen molar-refractivity contribution in [3.05, 3.63) is 70.8 Å². The molecule has 2 aromatic heterocycles. The average Bonchev–Trinajstić information content (AvgIpc) is 3.36. The number of halogens is 3. The Morgan fingerprint density at radius 2 is 1.96 bits per heavy atom. The second kappa shape index (κ2) is 12.9. The number of anilines is 1. The van der Waals surface area contributed by atoms with E-state index in [9.17, 15) is 13.6 Å². The van der Waals surface area contributed by atoms with Crippen LogP contribution in [0.3, 0.4) is 0 Å². The summed E-state index contributed by atoms with van der Waals surface area (Å²) < 4.78 is 58.0. The fourth-order valence-electron chi connectivity index (χ4n) is 6.66. The maximum Gasteiger partial charge on any atom is 0.338 e. The summed E-state index contributed by atoms with van der Waals surface area (Å²) in [4.78, 5) is 26.6. The van der Waals surface area contributed by atoms with Crippen molar-refractivity contribution >= 4 is 34.3 Å². The zero-order valence-corrected chi connectivity index (χ0v) is 28.5. The molecular formula is C35H38ClF2N5O6. The molecule has 3 unspecified atom stereocenters. The molecule has 0 N–H and O–H groups in total. The average molecular weight is 698 g/mol. The van der Waals surface area contributed by atoms with Crippen LogP contribution in [0.4, 0.5) is 14.5 Å². The number of ether oxygens (including phenoxy) is 5. The third kappa shape index (κ3) is 6.35. The summed E-state index contributed by atoms with van der Waals surface area (Å²) in [7, 11) is 2.83. The van der Waals surface area contributed by atoms with Crippen LogP contribution in [0.5, 0.6) is 17.2 Å². The van der Waals surface area contributed by atoms with Gasteiger partial charge in [0.05, 0.1) is 49.2 Å². The summed E-state index contributed by atoms with van der Waals surface area (Å²) in [5.41, 5.74) is 3.07. The van der Waals surface area contributed by atoms with E-state index in [0.29, 0.717) is 57.7 Å². The van der Waals surface area contributed by atoms with E-state index in [2.05, 4.69) is 21.7 Å². The van der Waals surface area contributed by atoms with Crippen LogP contribution >= 0.6 is 11.6 Å². The van der Waals surface area contributed by atoms with Crippen molar-refractivity contribution in [2.45, 2.75) is 63.6 Å². The van der Waals surface area contributed by atoms with Gasteiger partial charge in [0, 0.05) is 51.8 Å². The number of esters is 1. The van der Waals surface area contributed by atoms with Crippen LogP contribution in [-0.4, -0.2) is 83.9 Å². The Bertz CT molecular complexity index is 1870. The third-order valence-electron chi connectivity index (χ3n) is 9.45. The number of carbonyl (C=O) groups is 1. The van der Waals surface area contributed by atoms with Crippen LogP contribution in [0, 0.1) is 0 Å². The van der Waals surface area contributed by atoms with Gasteiger partial charge in [0.25, 0.3) is 11.7 Å². The lowest BCUT2D eigenvalue weighted by Gasteiger charge is -2.42. The maximum atomic E-state index is 13.6. The molecule has 14 heteroatoms. The predicted molar refractivity (Wildman–Crippen MR) is 178 cm³/mol. The molecule has 3 aliphatic rings. The molecule has 2 fully saturated rings. The summed E-state index contributed by atoms with van der Waals surface area (Å²) in [6.45, 7) is 6.98. The van der Waals surface area contributed by atoms with Gasteiger partial charge in [-0.25, -0.2) is 18.6 Å². The molecule has 0 bridgehead atoms. The molecule has 4 aromatic rings. The Morgan fingerprint density at radius 1 is 1.14 bits per heavy atom. The minimum absolute atomic E-state index is 0.0696. The Hall–Kier alpha value is -4.20. The smallest absolute Gasteiger partial charge is 0.338 e. The minimum Gasteiger partial charge on any atom is -0.494 e. The van der Waals surface area contributed by atoms with Gasteiger partial charge in [-0.3, -0.25) is 9.88 Å². The maximum absolute atomic E-state index is 13.6. The normalized spacial score (nSPS) is 22.8. The summed E-state index contributed by atoms with van der Waals surface area (Å²) in [6.07, 6.45) is 1.10. The number of alkyl halides is 2. The van der Waals surface area contributed by atoms with Crippen molar-refractivity contribution < 1.29 is 37.3 Å². The molecule has 0 spiro atoms. The highest BCUT2D eigenvalue weighted by atomic mass is 35.5. The number of piperazine rings is 1. The van der Waals surface area contributed by atoms with Gasteiger partial charge in [-0.15, -0.1) is 0 Å². The molecule has 2 aromatic carbocycles. The highest BCUT2D eigenvalue weighted by Gasteiger charge is 2.58. The molecule has 4 heterocycles. The van der Waals surface area contributed by atoms with E-state index in [1.807, 2.05) is 29.7 Å². The highest BCUT2D eigenvalue weighted by molar-refractivity contribution is 6.30. The van der Waals surface area contributed by atoms with Crippen molar-refractivity contribution in [1.29, 1.82) is 0 Å². The van der Waals surface area contributed by atoms with Crippen molar-refractivity contribution in [1.82, 2.24) is 19.4 Å². The first kappa shape index (κ1) is 33.3. The number of hydrogen-bond donors (Lipinski definition) is 0. The Labute approximate surface area is 287 Å². The number of hydrogen-bond acceptors (Lipinski definition) is 10. The number of rotatable bonds is 11. The Kier molecular flexibility index (Phi) is 8.78. The molecule has 0 radical (unpaired) electrons. The van der Waals surface area contributed by atoms with Crippen LogP contribution in [0.15, 0.2) is 48.7 Å². The van der Waals surface area contributed by atoms with Gasteiger partial charge in [0.2, 0.25) is 0 Å². The first-order chi connectivity index (χ1) is 23.5. The summed E-state index contributed by atoms with van der Waals surface area (Å²) in [6, 6.07) is 12.9. The third-order valence-corrected chi connectivity index (χ3v) is 9.68. The van der Waals surface area contributed by atoms with Crippen molar-refractivity contribution in [3.63, 3.8) is 0 Å². The van der Waals surface area contributed by atoms with Gasteiger partial charge >= 0.3 is 5.97 Å². The monoisotopic (exact) mass is 697 g/mol. The predicted octanol–water partition coefficient (Wildman–Crippen LogP) is 6.05. The second-order valence-electron chi connectivity index (χ2n) is 12.6. The summed E-state index contributed by atoms with van der Waals surface area (Å²) in [5, 5.41) is 0.531. The number of imidazole rings is 1. The Morgan fingerprint density at radius 3 is 2.65 bits per heavy atom. The van der Waals surface area contributed by atoms with Crippen LogP contribution < -0.4 is 19.1 Å².